The minimum atomic E-state index is -1.50. The first-order chi connectivity index (χ1) is 16.6. The molecule has 4 N–H and O–H groups in total. The number of carbonyl (C=O) groups excluding carboxylic acids is 4. The molecule has 0 heterocycles. The van der Waals surface area contributed by atoms with Crippen molar-refractivity contribution in [2.24, 2.45) is 0 Å². The molecule has 2 atom stereocenters. The van der Waals surface area contributed by atoms with Gasteiger partial charge in [0.25, 0.3) is 0 Å². The molecular formula is C24H35N3O9. The lowest BCUT2D eigenvalue weighted by molar-refractivity contribution is -0.158. The quantitative estimate of drug-likeness (QED) is 0.272. The fraction of sp³-hybridized carbons (Fsp3) is 0.542. The van der Waals surface area contributed by atoms with E-state index in [0.717, 1.165) is 0 Å². The summed E-state index contributed by atoms with van der Waals surface area (Å²) in [5.74, 6) is -3.06. The molecule has 0 bridgehead atoms. The van der Waals surface area contributed by atoms with E-state index in [2.05, 4.69) is 16.0 Å². The number of benzene rings is 1. The van der Waals surface area contributed by atoms with Gasteiger partial charge in [-0.2, -0.15) is 0 Å². The number of rotatable bonds is 10. The number of carbonyl (C=O) groups is 5. The van der Waals surface area contributed by atoms with E-state index in [1.165, 1.54) is 0 Å². The Labute approximate surface area is 210 Å². The number of hydrogen-bond donors (Lipinski definition) is 4. The molecule has 0 aliphatic rings. The van der Waals surface area contributed by atoms with Crippen molar-refractivity contribution in [1.82, 2.24) is 16.0 Å². The monoisotopic (exact) mass is 509 g/mol. The zero-order valence-corrected chi connectivity index (χ0v) is 21.4. The lowest BCUT2D eigenvalue weighted by Crippen LogP contribution is -2.51. The Morgan fingerprint density at radius 1 is 0.833 bits per heavy atom. The standard InChI is InChI=1S/C24H35N3O9/c1-23(2,3)35-20(31)16(26-22(33)36-24(4,5)6)12-18(28)25-13-17(19(29)30)27-21(32)34-14-15-10-8-7-9-11-15/h7-11,16-17H,12-14H2,1-6H3,(H,25,28)(H,26,33)(H,27,32)(H,29,30)/t16-,17+/m0/s1. The predicted octanol–water partition coefficient (Wildman–Crippen LogP) is 2.11. The molecule has 200 valence electrons. The first-order valence-electron chi connectivity index (χ1n) is 11.2. The molecule has 0 radical (unpaired) electrons. The number of aliphatic carboxylic acids is 1. The number of ether oxygens (including phenoxy) is 3. The summed E-state index contributed by atoms with van der Waals surface area (Å²) in [5, 5.41) is 16.1. The third-order valence-corrected chi connectivity index (χ3v) is 4.08. The van der Waals surface area contributed by atoms with Crippen molar-refractivity contribution in [2.75, 3.05) is 6.54 Å². The van der Waals surface area contributed by atoms with E-state index in [1.54, 1.807) is 71.9 Å². The van der Waals surface area contributed by atoms with E-state index >= 15 is 0 Å². The van der Waals surface area contributed by atoms with E-state index in [-0.39, 0.29) is 6.61 Å². The van der Waals surface area contributed by atoms with E-state index in [1.807, 2.05) is 0 Å². The third-order valence-electron chi connectivity index (χ3n) is 4.08. The number of amides is 3. The summed E-state index contributed by atoms with van der Waals surface area (Å²) in [7, 11) is 0. The van der Waals surface area contributed by atoms with Gasteiger partial charge < -0.3 is 35.3 Å². The van der Waals surface area contributed by atoms with Crippen molar-refractivity contribution in [3.05, 3.63) is 35.9 Å². The number of carboxylic acids is 1. The Balaban J connectivity index is 2.71. The van der Waals surface area contributed by atoms with Gasteiger partial charge in [-0.1, -0.05) is 30.3 Å². The van der Waals surface area contributed by atoms with Crippen LogP contribution in [0.15, 0.2) is 30.3 Å². The highest BCUT2D eigenvalue weighted by Crippen LogP contribution is 2.12. The lowest BCUT2D eigenvalue weighted by Gasteiger charge is -2.26. The van der Waals surface area contributed by atoms with E-state index < -0.39 is 66.3 Å². The molecule has 36 heavy (non-hydrogen) atoms. The van der Waals surface area contributed by atoms with Gasteiger partial charge in [0.15, 0.2) is 0 Å². The highest BCUT2D eigenvalue weighted by atomic mass is 16.6. The van der Waals surface area contributed by atoms with Crippen LogP contribution < -0.4 is 16.0 Å². The van der Waals surface area contributed by atoms with Gasteiger partial charge in [-0.05, 0) is 47.1 Å². The molecule has 0 saturated heterocycles. The van der Waals surface area contributed by atoms with Crippen LogP contribution in [0.25, 0.3) is 0 Å². The average molecular weight is 510 g/mol. The van der Waals surface area contributed by atoms with Gasteiger partial charge in [0.2, 0.25) is 5.91 Å². The Hall–Kier alpha value is -3.83. The van der Waals surface area contributed by atoms with Crippen LogP contribution in [0, 0.1) is 0 Å². The van der Waals surface area contributed by atoms with Gasteiger partial charge in [0.1, 0.15) is 29.9 Å². The maximum atomic E-state index is 12.5. The maximum absolute atomic E-state index is 12.5. The molecule has 12 heteroatoms. The Morgan fingerprint density at radius 2 is 1.39 bits per heavy atom. The van der Waals surface area contributed by atoms with E-state index in [4.69, 9.17) is 14.2 Å². The number of alkyl carbamates (subject to hydrolysis) is 2. The molecule has 1 aromatic rings. The molecule has 1 aromatic carbocycles. The van der Waals surface area contributed by atoms with Gasteiger partial charge in [0, 0.05) is 6.54 Å². The minimum absolute atomic E-state index is 0.0702. The van der Waals surface area contributed by atoms with Crippen molar-refractivity contribution in [3.8, 4) is 0 Å². The fourth-order valence-corrected chi connectivity index (χ4v) is 2.60. The summed E-state index contributed by atoms with van der Waals surface area (Å²) in [5.41, 5.74) is -1.03. The van der Waals surface area contributed by atoms with Gasteiger partial charge in [-0.3, -0.25) is 4.79 Å². The van der Waals surface area contributed by atoms with Crippen LogP contribution in [-0.2, 0) is 35.2 Å². The number of hydrogen-bond acceptors (Lipinski definition) is 8. The normalized spacial score (nSPS) is 12.9. The molecule has 0 aliphatic carbocycles. The van der Waals surface area contributed by atoms with Crippen molar-refractivity contribution in [3.63, 3.8) is 0 Å². The van der Waals surface area contributed by atoms with Crippen molar-refractivity contribution < 1.29 is 43.3 Å². The predicted molar refractivity (Wildman–Crippen MR) is 128 cm³/mol. The zero-order chi connectivity index (χ0) is 27.5. The molecule has 0 saturated carbocycles. The molecular weight excluding hydrogens is 474 g/mol. The van der Waals surface area contributed by atoms with Crippen LogP contribution in [0.3, 0.4) is 0 Å². The maximum Gasteiger partial charge on any atom is 0.408 e. The lowest BCUT2D eigenvalue weighted by atomic mass is 10.1. The van der Waals surface area contributed by atoms with Crippen LogP contribution in [0.1, 0.15) is 53.5 Å². The number of nitrogens with one attached hydrogen (secondary N) is 3. The van der Waals surface area contributed by atoms with Crippen molar-refractivity contribution >= 4 is 30.0 Å². The first kappa shape index (κ1) is 30.2. The Kier molecular flexibility index (Phi) is 11.2. The highest BCUT2D eigenvalue weighted by molar-refractivity contribution is 5.88. The molecule has 1 rings (SSSR count). The zero-order valence-electron chi connectivity index (χ0n) is 21.4. The van der Waals surface area contributed by atoms with E-state index in [9.17, 15) is 29.1 Å². The van der Waals surface area contributed by atoms with Gasteiger partial charge in [-0.15, -0.1) is 0 Å². The Morgan fingerprint density at radius 3 is 1.92 bits per heavy atom. The number of esters is 1. The average Bonchev–Trinajstić information content (AvgIpc) is 2.72. The SMILES string of the molecule is CC(C)(C)OC(=O)N[C@@H](CC(=O)NC[C@@H](NC(=O)OCc1ccccc1)C(=O)O)C(=O)OC(C)(C)C. The summed E-state index contributed by atoms with van der Waals surface area (Å²) < 4.78 is 15.4. The fourth-order valence-electron chi connectivity index (χ4n) is 2.60. The van der Waals surface area contributed by atoms with Crippen molar-refractivity contribution in [1.29, 1.82) is 0 Å². The molecule has 0 unspecified atom stereocenters. The second-order valence-corrected chi connectivity index (χ2v) is 9.84. The highest BCUT2D eigenvalue weighted by Gasteiger charge is 2.31. The van der Waals surface area contributed by atoms with Gasteiger partial charge in [0.05, 0.1) is 6.42 Å². The van der Waals surface area contributed by atoms with Crippen molar-refractivity contribution in [2.45, 2.75) is 77.9 Å². The molecule has 0 aromatic heterocycles. The van der Waals surface area contributed by atoms with Crippen LogP contribution in [-0.4, -0.2) is 65.0 Å². The van der Waals surface area contributed by atoms with Gasteiger partial charge in [-0.25, -0.2) is 19.2 Å². The van der Waals surface area contributed by atoms with Gasteiger partial charge >= 0.3 is 24.1 Å². The largest absolute Gasteiger partial charge is 0.480 e. The molecule has 0 aliphatic heterocycles. The van der Waals surface area contributed by atoms with Crippen LogP contribution in [0.4, 0.5) is 9.59 Å². The minimum Gasteiger partial charge on any atom is -0.480 e. The second-order valence-electron chi connectivity index (χ2n) is 9.84. The summed E-state index contributed by atoms with van der Waals surface area (Å²) in [4.78, 5) is 60.6. The molecule has 12 nitrogen and oxygen atoms in total. The summed E-state index contributed by atoms with van der Waals surface area (Å²) in [6, 6.07) is 5.87. The summed E-state index contributed by atoms with van der Waals surface area (Å²) >= 11 is 0. The topological polar surface area (TPSA) is 169 Å². The number of carboxylic acid groups (broad SMARTS) is 1. The smallest absolute Gasteiger partial charge is 0.408 e. The molecule has 3 amide bonds. The van der Waals surface area contributed by atoms with E-state index in [0.29, 0.717) is 5.56 Å². The summed E-state index contributed by atoms with van der Waals surface area (Å²) in [6.45, 7) is 9.19. The van der Waals surface area contributed by atoms with Crippen LogP contribution in [0.2, 0.25) is 0 Å². The second kappa shape index (κ2) is 13.3. The van der Waals surface area contributed by atoms with Crippen LogP contribution >= 0.6 is 0 Å². The molecule has 0 fully saturated rings. The third kappa shape index (κ3) is 13.2. The molecule has 0 spiro atoms. The first-order valence-corrected chi connectivity index (χ1v) is 11.2. The Bertz CT molecular complexity index is 921. The summed E-state index contributed by atoms with van der Waals surface area (Å²) in [6.07, 6.45) is -2.48. The van der Waals surface area contributed by atoms with Crippen LogP contribution in [0.5, 0.6) is 0 Å².